The summed E-state index contributed by atoms with van der Waals surface area (Å²) in [6.45, 7) is 5.43. The molecule has 46 heavy (non-hydrogen) atoms. The molecule has 4 aromatic rings. The van der Waals surface area contributed by atoms with Crippen LogP contribution in [0.3, 0.4) is 0 Å². The fourth-order valence-corrected chi connectivity index (χ4v) is 7.21. The smallest absolute Gasteiger partial charge is 0.264 e. The number of amides is 2. The molecule has 0 unspecified atom stereocenters. The monoisotopic (exact) mass is 721 g/mol. The van der Waals surface area contributed by atoms with E-state index >= 15 is 0 Å². The molecule has 0 spiro atoms. The Balaban J connectivity index is 1.80. The highest BCUT2D eigenvalue weighted by molar-refractivity contribution is 9.10. The summed E-state index contributed by atoms with van der Waals surface area (Å²) in [6.07, 6.45) is 2.90. The van der Waals surface area contributed by atoms with Gasteiger partial charge in [-0.05, 0) is 86.2 Å². The van der Waals surface area contributed by atoms with Crippen LogP contribution in [0.1, 0.15) is 37.0 Å². The van der Waals surface area contributed by atoms with Gasteiger partial charge in [0.25, 0.3) is 10.0 Å². The van der Waals surface area contributed by atoms with Crippen molar-refractivity contribution < 1.29 is 18.0 Å². The molecule has 0 radical (unpaired) electrons. The Hall–Kier alpha value is -3.60. The van der Waals surface area contributed by atoms with Gasteiger partial charge in [0.1, 0.15) is 12.6 Å². The molecule has 4 aromatic carbocycles. The second kappa shape index (κ2) is 16.3. The van der Waals surface area contributed by atoms with E-state index in [9.17, 15) is 18.0 Å². The Kier molecular flexibility index (Phi) is 12.5. The first kappa shape index (κ1) is 35.3. The van der Waals surface area contributed by atoms with Crippen molar-refractivity contribution in [1.29, 1.82) is 0 Å². The van der Waals surface area contributed by atoms with Gasteiger partial charge in [-0.25, -0.2) is 8.42 Å². The van der Waals surface area contributed by atoms with Crippen LogP contribution in [0.4, 0.5) is 5.69 Å². The van der Waals surface area contributed by atoms with Crippen molar-refractivity contribution in [2.45, 2.75) is 62.0 Å². The van der Waals surface area contributed by atoms with Crippen molar-refractivity contribution in [3.05, 3.63) is 124 Å². The van der Waals surface area contributed by atoms with E-state index in [1.807, 2.05) is 93.8 Å². The Morgan fingerprint density at radius 3 is 2.15 bits per heavy atom. The largest absolute Gasteiger partial charge is 0.352 e. The molecular weight excluding hydrogens is 682 g/mol. The quantitative estimate of drug-likeness (QED) is 0.139. The standard InChI is InChI=1S/C36H40BrN3O4S2/c1-5-27(3)38-36(42)34(23-28-10-7-6-8-11-28)39(24-29-12-9-13-30(37)22-29)35(41)25-40(31-16-14-26(2)15-17-31)46(43,44)33-20-18-32(45-4)19-21-33/h6-22,27,34H,5,23-25H2,1-4H3,(H,38,42)/t27-,34-/m0/s1. The van der Waals surface area contributed by atoms with Gasteiger partial charge < -0.3 is 10.2 Å². The maximum atomic E-state index is 14.6. The molecule has 0 aliphatic heterocycles. The number of carbonyl (C=O) groups is 2. The molecule has 0 heterocycles. The number of anilines is 1. The number of thioether (sulfide) groups is 1. The second-order valence-corrected chi connectivity index (χ2v) is 14.9. The van der Waals surface area contributed by atoms with Gasteiger partial charge in [-0.2, -0.15) is 0 Å². The van der Waals surface area contributed by atoms with Crippen LogP contribution in [0.25, 0.3) is 0 Å². The number of sulfonamides is 1. The molecule has 0 saturated heterocycles. The number of hydrogen-bond acceptors (Lipinski definition) is 5. The molecule has 0 aliphatic carbocycles. The van der Waals surface area contributed by atoms with E-state index in [-0.39, 0.29) is 29.8 Å². The zero-order valence-electron chi connectivity index (χ0n) is 26.5. The van der Waals surface area contributed by atoms with Crippen molar-refractivity contribution in [3.63, 3.8) is 0 Å². The SMILES string of the molecule is CC[C@H](C)NC(=O)[C@H](Cc1ccccc1)N(Cc1cccc(Br)c1)C(=O)CN(c1ccc(C)cc1)S(=O)(=O)c1ccc(SC)cc1. The molecule has 242 valence electrons. The third-order valence-corrected chi connectivity index (χ3v) is 10.8. The summed E-state index contributed by atoms with van der Waals surface area (Å²) < 4.78 is 30.4. The summed E-state index contributed by atoms with van der Waals surface area (Å²) in [5.41, 5.74) is 3.00. The molecule has 4 rings (SSSR count). The van der Waals surface area contributed by atoms with E-state index < -0.39 is 28.5 Å². The van der Waals surface area contributed by atoms with E-state index in [4.69, 9.17) is 0 Å². The highest BCUT2D eigenvalue weighted by Gasteiger charge is 2.35. The lowest BCUT2D eigenvalue weighted by atomic mass is 10.0. The van der Waals surface area contributed by atoms with Crippen LogP contribution in [-0.2, 0) is 32.6 Å². The van der Waals surface area contributed by atoms with Crippen LogP contribution < -0.4 is 9.62 Å². The first-order valence-electron chi connectivity index (χ1n) is 15.1. The minimum absolute atomic E-state index is 0.0764. The molecule has 0 saturated carbocycles. The summed E-state index contributed by atoms with van der Waals surface area (Å²) in [5, 5.41) is 3.06. The predicted molar refractivity (Wildman–Crippen MR) is 190 cm³/mol. The van der Waals surface area contributed by atoms with Gasteiger partial charge in [-0.15, -0.1) is 11.8 Å². The molecule has 0 aromatic heterocycles. The fourth-order valence-electron chi connectivity index (χ4n) is 4.94. The average Bonchev–Trinajstić information content (AvgIpc) is 3.06. The highest BCUT2D eigenvalue weighted by atomic mass is 79.9. The Bertz CT molecular complexity index is 1720. The molecule has 0 aliphatic rings. The maximum Gasteiger partial charge on any atom is 0.264 e. The third kappa shape index (κ3) is 9.24. The van der Waals surface area contributed by atoms with Crippen LogP contribution >= 0.6 is 27.7 Å². The van der Waals surface area contributed by atoms with Gasteiger partial charge in [-0.1, -0.05) is 83.0 Å². The van der Waals surface area contributed by atoms with Crippen molar-refractivity contribution in [2.24, 2.45) is 0 Å². The van der Waals surface area contributed by atoms with Crippen molar-refractivity contribution in [1.82, 2.24) is 10.2 Å². The fraction of sp³-hybridized carbons (Fsp3) is 0.278. The first-order valence-corrected chi connectivity index (χ1v) is 18.6. The minimum Gasteiger partial charge on any atom is -0.352 e. The lowest BCUT2D eigenvalue weighted by Crippen LogP contribution is -2.54. The molecule has 1 N–H and O–H groups in total. The van der Waals surface area contributed by atoms with Gasteiger partial charge in [0.05, 0.1) is 10.6 Å². The summed E-state index contributed by atoms with van der Waals surface area (Å²) >= 11 is 5.03. The van der Waals surface area contributed by atoms with Crippen molar-refractivity contribution in [2.75, 3.05) is 17.1 Å². The van der Waals surface area contributed by atoms with Crippen LogP contribution in [0.15, 0.2) is 117 Å². The number of rotatable bonds is 14. The van der Waals surface area contributed by atoms with Crippen LogP contribution in [0.5, 0.6) is 0 Å². The second-order valence-electron chi connectivity index (χ2n) is 11.2. The van der Waals surface area contributed by atoms with E-state index in [0.29, 0.717) is 5.69 Å². The van der Waals surface area contributed by atoms with E-state index in [2.05, 4.69) is 21.2 Å². The normalized spacial score (nSPS) is 12.6. The number of halogens is 1. The summed E-state index contributed by atoms with van der Waals surface area (Å²) in [4.78, 5) is 31.0. The topological polar surface area (TPSA) is 86.8 Å². The molecule has 2 atom stereocenters. The zero-order valence-corrected chi connectivity index (χ0v) is 29.7. The van der Waals surface area contributed by atoms with Gasteiger partial charge in [-0.3, -0.25) is 13.9 Å². The van der Waals surface area contributed by atoms with Crippen molar-refractivity contribution >= 4 is 55.2 Å². The average molecular weight is 723 g/mol. The lowest BCUT2D eigenvalue weighted by Gasteiger charge is -2.34. The maximum absolute atomic E-state index is 14.6. The Morgan fingerprint density at radius 1 is 0.891 bits per heavy atom. The lowest BCUT2D eigenvalue weighted by molar-refractivity contribution is -0.140. The molecule has 0 fully saturated rings. The van der Waals surface area contributed by atoms with Gasteiger partial charge in [0.2, 0.25) is 11.8 Å². The zero-order chi connectivity index (χ0) is 33.3. The first-order chi connectivity index (χ1) is 22.0. The molecular formula is C36H40BrN3O4S2. The number of nitrogens with zero attached hydrogens (tertiary/aromatic N) is 2. The molecule has 7 nitrogen and oxygen atoms in total. The Labute approximate surface area is 285 Å². The van der Waals surface area contributed by atoms with Crippen molar-refractivity contribution in [3.8, 4) is 0 Å². The predicted octanol–water partition coefficient (Wildman–Crippen LogP) is 7.23. The molecule has 2 amide bonds. The summed E-state index contributed by atoms with van der Waals surface area (Å²) in [5.74, 6) is -0.788. The van der Waals surface area contributed by atoms with Gasteiger partial charge in [0.15, 0.2) is 0 Å². The molecule has 0 bridgehead atoms. The summed E-state index contributed by atoms with van der Waals surface area (Å²) in [7, 11) is -4.16. The van der Waals surface area contributed by atoms with Crippen LogP contribution in [0.2, 0.25) is 0 Å². The number of carbonyl (C=O) groups excluding carboxylic acids is 2. The van der Waals surface area contributed by atoms with Crippen LogP contribution in [0, 0.1) is 6.92 Å². The van der Waals surface area contributed by atoms with Crippen LogP contribution in [-0.4, -0.2) is 50.0 Å². The van der Waals surface area contributed by atoms with Gasteiger partial charge >= 0.3 is 0 Å². The number of aryl methyl sites for hydroxylation is 1. The van der Waals surface area contributed by atoms with E-state index in [1.165, 1.54) is 16.7 Å². The highest BCUT2D eigenvalue weighted by Crippen LogP contribution is 2.27. The number of nitrogens with one attached hydrogen (secondary N) is 1. The third-order valence-electron chi connectivity index (χ3n) is 7.76. The van der Waals surface area contributed by atoms with Gasteiger partial charge in [0, 0.05) is 28.4 Å². The number of benzene rings is 4. The minimum atomic E-state index is -4.16. The van der Waals surface area contributed by atoms with E-state index in [0.717, 1.165) is 36.8 Å². The van der Waals surface area contributed by atoms with E-state index in [1.54, 1.807) is 36.4 Å². The molecule has 10 heteroatoms. The number of hydrogen-bond donors (Lipinski definition) is 1. The summed E-state index contributed by atoms with van der Waals surface area (Å²) in [6, 6.07) is 29.7. The Morgan fingerprint density at radius 2 is 1.54 bits per heavy atom.